The molecule has 214 valence electrons. The predicted molar refractivity (Wildman–Crippen MR) is 166 cm³/mol. The van der Waals surface area contributed by atoms with E-state index in [0.29, 0.717) is 0 Å². The molecule has 2 fully saturated rings. The van der Waals surface area contributed by atoms with Gasteiger partial charge in [-0.2, -0.15) is 0 Å². The lowest BCUT2D eigenvalue weighted by Gasteiger charge is -2.39. The van der Waals surface area contributed by atoms with E-state index in [1.54, 1.807) is 14.0 Å². The third-order valence-electron chi connectivity index (χ3n) is 8.28. The van der Waals surface area contributed by atoms with E-state index in [1.165, 1.54) is 30.4 Å². The molecule has 39 heavy (non-hydrogen) atoms. The minimum absolute atomic E-state index is 0.148. The van der Waals surface area contributed by atoms with Crippen LogP contribution in [0.25, 0.3) is 0 Å². The highest BCUT2D eigenvalue weighted by Gasteiger charge is 2.31. The van der Waals surface area contributed by atoms with Gasteiger partial charge in [0.05, 0.1) is 7.11 Å². The lowest BCUT2D eigenvalue weighted by molar-refractivity contribution is -0.121. The predicted octanol–water partition coefficient (Wildman–Crippen LogP) is 6.55. The molecule has 0 aromatic heterocycles. The van der Waals surface area contributed by atoms with Gasteiger partial charge in [-0.05, 0) is 93.7 Å². The summed E-state index contributed by atoms with van der Waals surface area (Å²) >= 11 is 0. The Balaban J connectivity index is 0.000000216. The second-order valence-electron chi connectivity index (χ2n) is 11.3. The summed E-state index contributed by atoms with van der Waals surface area (Å²) in [6.45, 7) is 13.0. The quantitative estimate of drug-likeness (QED) is 0.243. The Kier molecular flexibility index (Phi) is 11.4. The number of anilines is 2. The minimum Gasteiger partial charge on any atom is -0.496 e. The van der Waals surface area contributed by atoms with Gasteiger partial charge in [0.25, 0.3) is 0 Å². The summed E-state index contributed by atoms with van der Waals surface area (Å²) in [5, 5.41) is 10.0. The number of amides is 1. The number of nitrogens with one attached hydrogen (secondary N) is 3. The van der Waals surface area contributed by atoms with Crippen LogP contribution < -0.4 is 20.7 Å². The number of hydrogen-bond acceptors (Lipinski definition) is 5. The second kappa shape index (κ2) is 14.3. The van der Waals surface area contributed by atoms with Gasteiger partial charge >= 0.3 is 0 Å². The monoisotopic (exact) mass is 553 g/mol. The number of rotatable bonds is 9. The van der Waals surface area contributed by atoms with Crippen molar-refractivity contribution in [3.8, 4) is 5.75 Å². The van der Waals surface area contributed by atoms with Gasteiger partial charge in [-0.1, -0.05) is 26.3 Å². The number of ketones is 1. The van der Waals surface area contributed by atoms with Gasteiger partial charge < -0.3 is 20.7 Å². The van der Waals surface area contributed by atoms with E-state index in [0.717, 1.165) is 73.1 Å². The highest BCUT2D eigenvalue weighted by atomic mass is 31.0. The molecular formula is C32H48N3O3P. The highest BCUT2D eigenvalue weighted by molar-refractivity contribution is 7.19. The third kappa shape index (κ3) is 8.53. The molecule has 4 rings (SSSR count). The number of aryl methyl sites for hydroxylation is 2. The Bertz CT molecular complexity index is 1140. The number of methoxy groups -OCH3 is 1. The Hall–Kier alpha value is -2.43. The highest BCUT2D eigenvalue weighted by Crippen LogP contribution is 2.32. The van der Waals surface area contributed by atoms with E-state index in [4.69, 9.17) is 4.74 Å². The van der Waals surface area contributed by atoms with Gasteiger partial charge in [-0.3, -0.25) is 9.59 Å². The van der Waals surface area contributed by atoms with Crippen LogP contribution in [0.5, 0.6) is 5.75 Å². The molecule has 1 saturated carbocycles. The average molecular weight is 554 g/mol. The normalized spacial score (nSPS) is 19.7. The molecule has 3 N–H and O–H groups in total. The van der Waals surface area contributed by atoms with Crippen LogP contribution in [0.4, 0.5) is 11.4 Å². The van der Waals surface area contributed by atoms with Crippen LogP contribution >= 0.6 is 9.24 Å². The first-order valence-corrected chi connectivity index (χ1v) is 15.0. The van der Waals surface area contributed by atoms with Crippen LogP contribution in [0, 0.1) is 25.7 Å². The number of benzene rings is 2. The maximum Gasteiger partial charge on any atom is 0.227 e. The van der Waals surface area contributed by atoms with Crippen molar-refractivity contribution in [3.63, 3.8) is 0 Å². The summed E-state index contributed by atoms with van der Waals surface area (Å²) in [7, 11) is 4.57. The van der Waals surface area contributed by atoms with Crippen molar-refractivity contribution in [2.24, 2.45) is 11.8 Å². The molecule has 0 spiro atoms. The number of hydrogen-bond donors (Lipinski definition) is 3. The lowest BCUT2D eigenvalue weighted by Crippen LogP contribution is -2.58. The van der Waals surface area contributed by atoms with Gasteiger partial charge in [0.15, 0.2) is 5.78 Å². The maximum atomic E-state index is 12.3. The number of carbonyl (C=O) groups excluding carboxylic acids is 2. The summed E-state index contributed by atoms with van der Waals surface area (Å²) in [4.78, 5) is 24.1. The van der Waals surface area contributed by atoms with Crippen LogP contribution in [-0.4, -0.2) is 43.6 Å². The SMILES string of the molecule is CCC1CCC(C(=O)Nc2ccc(C)c(OC)c2)CC1.CCc1c(C)cc(NCC2(P)CNC2)cc1C(C)=O. The molecule has 1 aliphatic heterocycles. The molecule has 2 aromatic rings. The first-order valence-electron chi connectivity index (χ1n) is 14.4. The first kappa shape index (κ1) is 31.1. The fraction of sp³-hybridized carbons (Fsp3) is 0.562. The zero-order valence-electron chi connectivity index (χ0n) is 24.7. The Morgan fingerprint density at radius 1 is 1.03 bits per heavy atom. The molecule has 2 aliphatic rings. The van der Waals surface area contributed by atoms with Crippen molar-refractivity contribution in [2.45, 2.75) is 78.3 Å². The molecule has 0 radical (unpaired) electrons. The summed E-state index contributed by atoms with van der Waals surface area (Å²) < 4.78 is 5.29. The Labute approximate surface area is 237 Å². The minimum atomic E-state index is 0.148. The van der Waals surface area contributed by atoms with Crippen molar-refractivity contribution in [1.29, 1.82) is 0 Å². The third-order valence-corrected chi connectivity index (χ3v) is 8.89. The van der Waals surface area contributed by atoms with Crippen LogP contribution in [0.3, 0.4) is 0 Å². The Morgan fingerprint density at radius 2 is 1.72 bits per heavy atom. The zero-order valence-corrected chi connectivity index (χ0v) is 25.9. The summed E-state index contributed by atoms with van der Waals surface area (Å²) in [5.74, 6) is 2.11. The maximum absolute atomic E-state index is 12.3. The average Bonchev–Trinajstić information content (AvgIpc) is 2.91. The summed E-state index contributed by atoms with van der Waals surface area (Å²) in [5.41, 5.74) is 6.18. The van der Waals surface area contributed by atoms with Crippen molar-refractivity contribution < 1.29 is 14.3 Å². The van der Waals surface area contributed by atoms with Crippen molar-refractivity contribution in [3.05, 3.63) is 52.6 Å². The van der Waals surface area contributed by atoms with Crippen LogP contribution in [0.1, 0.15) is 79.9 Å². The fourth-order valence-electron chi connectivity index (χ4n) is 5.53. The van der Waals surface area contributed by atoms with Crippen molar-refractivity contribution in [1.82, 2.24) is 5.32 Å². The second-order valence-corrected chi connectivity index (χ2v) is 12.6. The van der Waals surface area contributed by atoms with Crippen molar-refractivity contribution >= 4 is 32.3 Å². The standard InChI is InChI=1S/C17H25NO2.C15H23N2OP/c1-4-13-6-8-14(9-7-13)17(19)18-15-10-5-12(2)16(11-15)20-3;1-4-13-10(2)5-12(6-14(13)11(3)18)17-9-15(19)7-16-8-15/h5,10-11,13-14H,4,6-9H2,1-3H3,(H,18,19);5-6,16-17H,4,7-9,19H2,1-3H3. The Morgan fingerprint density at radius 3 is 2.26 bits per heavy atom. The van der Waals surface area contributed by atoms with Crippen LogP contribution in [-0.2, 0) is 11.2 Å². The number of ether oxygens (including phenoxy) is 1. The first-order chi connectivity index (χ1) is 18.6. The molecular weight excluding hydrogens is 505 g/mol. The van der Waals surface area contributed by atoms with E-state index in [1.807, 2.05) is 31.2 Å². The smallest absolute Gasteiger partial charge is 0.227 e. The molecule has 7 heteroatoms. The molecule has 1 atom stereocenters. The largest absolute Gasteiger partial charge is 0.496 e. The molecule has 1 heterocycles. The zero-order chi connectivity index (χ0) is 28.6. The van der Waals surface area contributed by atoms with E-state index in [9.17, 15) is 9.59 Å². The van der Waals surface area contributed by atoms with Gasteiger partial charge in [0.2, 0.25) is 5.91 Å². The topological polar surface area (TPSA) is 79.5 Å². The van der Waals surface area contributed by atoms with Gasteiger partial charge in [0.1, 0.15) is 5.75 Å². The molecule has 1 aliphatic carbocycles. The van der Waals surface area contributed by atoms with E-state index < -0.39 is 0 Å². The molecule has 1 amide bonds. The lowest BCUT2D eigenvalue weighted by atomic mass is 9.80. The molecule has 6 nitrogen and oxygen atoms in total. The number of Topliss-reactive ketones (excluding diaryl/α,β-unsaturated/α-hetero) is 1. The van der Waals surface area contributed by atoms with Crippen LogP contribution in [0.15, 0.2) is 30.3 Å². The van der Waals surface area contributed by atoms with Crippen molar-refractivity contribution in [2.75, 3.05) is 37.4 Å². The number of carbonyl (C=O) groups is 2. The van der Waals surface area contributed by atoms with E-state index >= 15 is 0 Å². The fourth-order valence-corrected chi connectivity index (χ4v) is 5.92. The van der Waals surface area contributed by atoms with E-state index in [2.05, 4.69) is 52.0 Å². The van der Waals surface area contributed by atoms with Crippen LogP contribution in [0.2, 0.25) is 0 Å². The summed E-state index contributed by atoms with van der Waals surface area (Å²) in [6, 6.07) is 9.94. The van der Waals surface area contributed by atoms with Gasteiger partial charge in [-0.15, -0.1) is 9.24 Å². The molecule has 0 bridgehead atoms. The summed E-state index contributed by atoms with van der Waals surface area (Å²) in [6.07, 6.45) is 6.56. The molecule has 2 aromatic carbocycles. The van der Waals surface area contributed by atoms with Gasteiger partial charge in [0, 0.05) is 53.7 Å². The molecule has 1 unspecified atom stereocenters. The molecule has 1 saturated heterocycles. The van der Waals surface area contributed by atoms with E-state index in [-0.39, 0.29) is 22.8 Å². The van der Waals surface area contributed by atoms with Gasteiger partial charge in [-0.25, -0.2) is 0 Å².